The van der Waals surface area contributed by atoms with Crippen LogP contribution in [-0.4, -0.2) is 25.4 Å². The van der Waals surface area contributed by atoms with Crippen LogP contribution in [0, 0.1) is 5.41 Å². The molecular formula is C15H20F3NO2. The maximum atomic E-state index is 13.1. The molecule has 1 N–H and O–H groups in total. The lowest BCUT2D eigenvalue weighted by molar-refractivity contribution is -0.178. The Bertz CT molecular complexity index is 481. The van der Waals surface area contributed by atoms with E-state index in [0.717, 1.165) is 0 Å². The van der Waals surface area contributed by atoms with E-state index in [0.29, 0.717) is 30.3 Å². The SMILES string of the molecule is CC(C)(C)[C@@H](NCc1cccc2c1OCCO2)C(F)(F)F. The van der Waals surface area contributed by atoms with Gasteiger partial charge in [-0.1, -0.05) is 32.9 Å². The van der Waals surface area contributed by atoms with Crippen molar-refractivity contribution in [2.24, 2.45) is 5.41 Å². The van der Waals surface area contributed by atoms with Crippen molar-refractivity contribution in [3.63, 3.8) is 0 Å². The van der Waals surface area contributed by atoms with E-state index in [1.54, 1.807) is 39.0 Å². The average Bonchev–Trinajstić information content (AvgIpc) is 2.36. The molecule has 6 heteroatoms. The second-order valence-electron chi connectivity index (χ2n) is 6.16. The fraction of sp³-hybridized carbons (Fsp3) is 0.600. The molecular weight excluding hydrogens is 283 g/mol. The van der Waals surface area contributed by atoms with E-state index in [2.05, 4.69) is 5.32 Å². The fourth-order valence-corrected chi connectivity index (χ4v) is 2.40. The Balaban J connectivity index is 2.15. The summed E-state index contributed by atoms with van der Waals surface area (Å²) >= 11 is 0. The molecule has 0 radical (unpaired) electrons. The van der Waals surface area contributed by atoms with Gasteiger partial charge < -0.3 is 14.8 Å². The largest absolute Gasteiger partial charge is 0.486 e. The summed E-state index contributed by atoms with van der Waals surface area (Å²) in [7, 11) is 0. The zero-order valence-corrected chi connectivity index (χ0v) is 12.4. The Morgan fingerprint density at radius 2 is 1.81 bits per heavy atom. The van der Waals surface area contributed by atoms with Gasteiger partial charge in [0.25, 0.3) is 0 Å². The number of benzene rings is 1. The zero-order chi connectivity index (χ0) is 15.7. The summed E-state index contributed by atoms with van der Waals surface area (Å²) in [6.45, 7) is 5.64. The van der Waals surface area contributed by atoms with Crippen LogP contribution in [-0.2, 0) is 6.54 Å². The lowest BCUT2D eigenvalue weighted by atomic mass is 9.86. The summed E-state index contributed by atoms with van der Waals surface area (Å²) in [6, 6.07) is 3.66. The number of hydrogen-bond donors (Lipinski definition) is 1. The Labute approximate surface area is 122 Å². The van der Waals surface area contributed by atoms with E-state index in [1.165, 1.54) is 0 Å². The molecule has 0 saturated heterocycles. The summed E-state index contributed by atoms with van der Waals surface area (Å²) in [5.74, 6) is 1.12. The third-order valence-electron chi connectivity index (χ3n) is 3.34. The first-order valence-electron chi connectivity index (χ1n) is 6.87. The number of nitrogens with one attached hydrogen (secondary N) is 1. The minimum Gasteiger partial charge on any atom is -0.486 e. The summed E-state index contributed by atoms with van der Waals surface area (Å²) in [6.07, 6.45) is -4.30. The van der Waals surface area contributed by atoms with Gasteiger partial charge in [0, 0.05) is 12.1 Å². The summed E-state index contributed by atoms with van der Waals surface area (Å²) in [4.78, 5) is 0. The van der Waals surface area contributed by atoms with Crippen molar-refractivity contribution < 1.29 is 22.6 Å². The molecule has 21 heavy (non-hydrogen) atoms. The Morgan fingerprint density at radius 3 is 2.43 bits per heavy atom. The van der Waals surface area contributed by atoms with E-state index in [-0.39, 0.29) is 6.54 Å². The molecule has 1 aromatic rings. The van der Waals surface area contributed by atoms with E-state index in [4.69, 9.17) is 9.47 Å². The number of hydrogen-bond acceptors (Lipinski definition) is 3. The Hall–Kier alpha value is -1.43. The molecule has 0 bridgehead atoms. The highest BCUT2D eigenvalue weighted by Gasteiger charge is 2.46. The van der Waals surface area contributed by atoms with Crippen LogP contribution in [0.3, 0.4) is 0 Å². The van der Waals surface area contributed by atoms with Crippen LogP contribution < -0.4 is 14.8 Å². The number of halogens is 3. The number of fused-ring (bicyclic) bond motifs is 1. The molecule has 118 valence electrons. The first kappa shape index (κ1) is 15.9. The normalized spacial score (nSPS) is 16.7. The number of alkyl halides is 3. The van der Waals surface area contributed by atoms with Crippen molar-refractivity contribution in [1.82, 2.24) is 5.32 Å². The molecule has 1 aliphatic rings. The van der Waals surface area contributed by atoms with Gasteiger partial charge >= 0.3 is 6.18 Å². The van der Waals surface area contributed by atoms with E-state index in [9.17, 15) is 13.2 Å². The lowest BCUT2D eigenvalue weighted by Gasteiger charge is -2.33. The maximum absolute atomic E-state index is 13.1. The van der Waals surface area contributed by atoms with Crippen LogP contribution in [0.15, 0.2) is 18.2 Å². The highest BCUT2D eigenvalue weighted by atomic mass is 19.4. The van der Waals surface area contributed by atoms with Gasteiger partial charge in [-0.05, 0) is 11.5 Å². The molecule has 0 spiro atoms. The quantitative estimate of drug-likeness (QED) is 0.926. The minimum absolute atomic E-state index is 0.0774. The summed E-state index contributed by atoms with van der Waals surface area (Å²) in [5, 5.41) is 2.61. The molecule has 3 nitrogen and oxygen atoms in total. The van der Waals surface area contributed by atoms with Gasteiger partial charge in [-0.25, -0.2) is 0 Å². The van der Waals surface area contributed by atoms with Crippen molar-refractivity contribution >= 4 is 0 Å². The molecule has 0 aliphatic carbocycles. The second-order valence-corrected chi connectivity index (χ2v) is 6.16. The summed E-state index contributed by atoms with van der Waals surface area (Å²) in [5.41, 5.74) is -0.254. The van der Waals surface area contributed by atoms with Crippen molar-refractivity contribution in [2.75, 3.05) is 13.2 Å². The molecule has 2 rings (SSSR count). The number of para-hydroxylation sites is 1. The molecule has 0 amide bonds. The highest BCUT2D eigenvalue weighted by Crippen LogP contribution is 2.36. The van der Waals surface area contributed by atoms with Crippen LogP contribution in [0.25, 0.3) is 0 Å². The zero-order valence-electron chi connectivity index (χ0n) is 12.4. The Kier molecular flexibility index (Phi) is 4.37. The second kappa shape index (κ2) is 5.75. The lowest BCUT2D eigenvalue weighted by Crippen LogP contribution is -2.50. The third kappa shape index (κ3) is 3.81. The molecule has 1 atom stereocenters. The smallest absolute Gasteiger partial charge is 0.404 e. The highest BCUT2D eigenvalue weighted by molar-refractivity contribution is 5.47. The molecule has 1 aromatic carbocycles. The summed E-state index contributed by atoms with van der Waals surface area (Å²) < 4.78 is 50.4. The number of ether oxygens (including phenoxy) is 2. The Morgan fingerprint density at radius 1 is 1.14 bits per heavy atom. The van der Waals surface area contributed by atoms with Crippen LogP contribution >= 0.6 is 0 Å². The molecule has 0 unspecified atom stereocenters. The van der Waals surface area contributed by atoms with Crippen molar-refractivity contribution in [1.29, 1.82) is 0 Å². The fourth-order valence-electron chi connectivity index (χ4n) is 2.40. The maximum Gasteiger partial charge on any atom is 0.404 e. The van der Waals surface area contributed by atoms with E-state index < -0.39 is 17.6 Å². The van der Waals surface area contributed by atoms with Gasteiger partial charge in [-0.2, -0.15) is 13.2 Å². The molecule has 0 aromatic heterocycles. The predicted molar refractivity (Wildman–Crippen MR) is 73.6 cm³/mol. The predicted octanol–water partition coefficient (Wildman–Crippen LogP) is 3.52. The van der Waals surface area contributed by atoms with Crippen molar-refractivity contribution in [3.8, 4) is 11.5 Å². The monoisotopic (exact) mass is 303 g/mol. The standard InChI is InChI=1S/C15H20F3NO2/c1-14(2,3)13(15(16,17)18)19-9-10-5-4-6-11-12(10)21-8-7-20-11/h4-6,13,19H,7-9H2,1-3H3/t13-/m1/s1. The van der Waals surface area contributed by atoms with Gasteiger partial charge in [0.1, 0.15) is 19.3 Å². The van der Waals surface area contributed by atoms with Crippen LogP contribution in [0.1, 0.15) is 26.3 Å². The molecule has 1 aliphatic heterocycles. The van der Waals surface area contributed by atoms with Crippen LogP contribution in [0.2, 0.25) is 0 Å². The molecule has 1 heterocycles. The number of rotatable bonds is 3. The third-order valence-corrected chi connectivity index (χ3v) is 3.34. The van der Waals surface area contributed by atoms with Crippen molar-refractivity contribution in [2.45, 2.75) is 39.5 Å². The van der Waals surface area contributed by atoms with Crippen LogP contribution in [0.4, 0.5) is 13.2 Å². The molecule has 0 saturated carbocycles. The van der Waals surface area contributed by atoms with Gasteiger partial charge in [0.05, 0.1) is 0 Å². The van der Waals surface area contributed by atoms with E-state index in [1.807, 2.05) is 0 Å². The average molecular weight is 303 g/mol. The topological polar surface area (TPSA) is 30.5 Å². The van der Waals surface area contributed by atoms with Crippen LogP contribution in [0.5, 0.6) is 11.5 Å². The molecule has 0 fully saturated rings. The minimum atomic E-state index is -4.30. The van der Waals surface area contributed by atoms with Gasteiger partial charge in [0.2, 0.25) is 0 Å². The van der Waals surface area contributed by atoms with Gasteiger partial charge in [-0.3, -0.25) is 0 Å². The van der Waals surface area contributed by atoms with E-state index >= 15 is 0 Å². The van der Waals surface area contributed by atoms with Gasteiger partial charge in [0.15, 0.2) is 11.5 Å². The first-order valence-corrected chi connectivity index (χ1v) is 6.87. The first-order chi connectivity index (χ1) is 9.69. The van der Waals surface area contributed by atoms with Gasteiger partial charge in [-0.15, -0.1) is 0 Å². The van der Waals surface area contributed by atoms with Crippen molar-refractivity contribution in [3.05, 3.63) is 23.8 Å².